The summed E-state index contributed by atoms with van der Waals surface area (Å²) in [5, 5.41) is 12.2. The Hall–Kier alpha value is -2.63. The number of rotatable bonds is 4. The predicted molar refractivity (Wildman–Crippen MR) is 84.3 cm³/mol. The number of aromatic nitrogens is 2. The third-order valence-electron chi connectivity index (χ3n) is 3.77. The van der Waals surface area contributed by atoms with E-state index in [4.69, 9.17) is 5.11 Å². The molecule has 0 amide bonds. The number of aromatic carboxylic acids is 1. The lowest BCUT2D eigenvalue weighted by Crippen LogP contribution is -2.42. The van der Waals surface area contributed by atoms with Crippen molar-refractivity contribution in [2.75, 3.05) is 23.3 Å². The van der Waals surface area contributed by atoms with Gasteiger partial charge in [-0.1, -0.05) is 18.2 Å². The standard InChI is InChI=1S/C16H18N4O2/c21-16(22)14-9-18-15(10-17-14)19-12-5-4-8-20(11-12)13-6-2-1-3-7-13/h1-3,6-7,9-10,12H,4-5,8,11H2,(H,18,19)(H,21,22). The van der Waals surface area contributed by atoms with Gasteiger partial charge in [-0.15, -0.1) is 0 Å². The van der Waals surface area contributed by atoms with Crippen molar-refractivity contribution in [3.63, 3.8) is 0 Å². The quantitative estimate of drug-likeness (QED) is 0.901. The Balaban J connectivity index is 1.64. The molecule has 0 aliphatic carbocycles. The minimum Gasteiger partial charge on any atom is -0.476 e. The Labute approximate surface area is 128 Å². The monoisotopic (exact) mass is 298 g/mol. The van der Waals surface area contributed by atoms with Crippen LogP contribution in [0.2, 0.25) is 0 Å². The van der Waals surface area contributed by atoms with Crippen LogP contribution in [-0.2, 0) is 0 Å². The number of hydrogen-bond acceptors (Lipinski definition) is 5. The number of carboxylic acid groups (broad SMARTS) is 1. The van der Waals surface area contributed by atoms with Gasteiger partial charge in [0.15, 0.2) is 5.69 Å². The van der Waals surface area contributed by atoms with E-state index in [1.165, 1.54) is 18.1 Å². The van der Waals surface area contributed by atoms with Crippen molar-refractivity contribution in [1.29, 1.82) is 0 Å². The van der Waals surface area contributed by atoms with Crippen LogP contribution in [0.1, 0.15) is 23.3 Å². The molecule has 1 aromatic carbocycles. The van der Waals surface area contributed by atoms with Gasteiger partial charge in [-0.3, -0.25) is 0 Å². The van der Waals surface area contributed by atoms with E-state index in [1.54, 1.807) is 0 Å². The lowest BCUT2D eigenvalue weighted by atomic mass is 10.0. The second-order valence-electron chi connectivity index (χ2n) is 5.36. The largest absolute Gasteiger partial charge is 0.476 e. The van der Waals surface area contributed by atoms with Crippen LogP contribution in [0.4, 0.5) is 11.5 Å². The van der Waals surface area contributed by atoms with E-state index in [2.05, 4.69) is 32.3 Å². The molecule has 3 rings (SSSR count). The molecule has 114 valence electrons. The van der Waals surface area contributed by atoms with Crippen molar-refractivity contribution < 1.29 is 9.90 Å². The molecule has 0 saturated carbocycles. The number of benzene rings is 1. The number of carbonyl (C=O) groups is 1. The van der Waals surface area contributed by atoms with Gasteiger partial charge in [-0.05, 0) is 25.0 Å². The molecule has 6 nitrogen and oxygen atoms in total. The molecule has 2 N–H and O–H groups in total. The molecule has 0 bridgehead atoms. The Morgan fingerprint density at radius 3 is 2.73 bits per heavy atom. The summed E-state index contributed by atoms with van der Waals surface area (Å²) < 4.78 is 0. The average molecular weight is 298 g/mol. The normalized spacial score (nSPS) is 18.0. The first-order valence-electron chi connectivity index (χ1n) is 7.34. The van der Waals surface area contributed by atoms with Crippen molar-refractivity contribution >= 4 is 17.5 Å². The summed E-state index contributed by atoms with van der Waals surface area (Å²) in [5.74, 6) is -0.447. The van der Waals surface area contributed by atoms with E-state index in [0.717, 1.165) is 25.9 Å². The van der Waals surface area contributed by atoms with E-state index >= 15 is 0 Å². The highest BCUT2D eigenvalue weighted by Crippen LogP contribution is 2.21. The zero-order chi connectivity index (χ0) is 15.4. The summed E-state index contributed by atoms with van der Waals surface area (Å²) in [5.41, 5.74) is 1.18. The first-order valence-corrected chi connectivity index (χ1v) is 7.34. The van der Waals surface area contributed by atoms with Gasteiger partial charge in [0.1, 0.15) is 5.82 Å². The van der Waals surface area contributed by atoms with Crippen LogP contribution in [0.5, 0.6) is 0 Å². The van der Waals surface area contributed by atoms with Crippen molar-refractivity contribution in [3.05, 3.63) is 48.4 Å². The van der Waals surface area contributed by atoms with Crippen LogP contribution in [-0.4, -0.2) is 40.2 Å². The van der Waals surface area contributed by atoms with Crippen LogP contribution in [0.3, 0.4) is 0 Å². The van der Waals surface area contributed by atoms with Crippen molar-refractivity contribution in [1.82, 2.24) is 9.97 Å². The van der Waals surface area contributed by atoms with Gasteiger partial charge in [0, 0.05) is 24.8 Å². The Morgan fingerprint density at radius 1 is 1.23 bits per heavy atom. The predicted octanol–water partition coefficient (Wildman–Crippen LogP) is 2.26. The second kappa shape index (κ2) is 6.43. The van der Waals surface area contributed by atoms with E-state index in [0.29, 0.717) is 5.82 Å². The fraction of sp³-hybridized carbons (Fsp3) is 0.312. The first kappa shape index (κ1) is 14.3. The minimum absolute atomic E-state index is 0.0416. The number of piperidine rings is 1. The molecule has 1 fully saturated rings. The summed E-state index contributed by atoms with van der Waals surface area (Å²) >= 11 is 0. The lowest BCUT2D eigenvalue weighted by molar-refractivity contribution is 0.0690. The summed E-state index contributed by atoms with van der Waals surface area (Å²) in [4.78, 5) is 21.1. The molecule has 1 aliphatic heterocycles. The van der Waals surface area contributed by atoms with Crippen LogP contribution < -0.4 is 10.2 Å². The lowest BCUT2D eigenvalue weighted by Gasteiger charge is -2.35. The van der Waals surface area contributed by atoms with Crippen LogP contribution in [0, 0.1) is 0 Å². The van der Waals surface area contributed by atoms with Crippen molar-refractivity contribution in [3.8, 4) is 0 Å². The van der Waals surface area contributed by atoms with Crippen molar-refractivity contribution in [2.24, 2.45) is 0 Å². The molecule has 2 heterocycles. The maximum absolute atomic E-state index is 10.8. The van der Waals surface area contributed by atoms with E-state index in [-0.39, 0.29) is 11.7 Å². The molecular formula is C16H18N4O2. The topological polar surface area (TPSA) is 78.3 Å². The smallest absolute Gasteiger partial charge is 0.356 e. The van der Waals surface area contributed by atoms with Gasteiger partial charge >= 0.3 is 5.97 Å². The maximum Gasteiger partial charge on any atom is 0.356 e. The molecule has 0 spiro atoms. The number of para-hydroxylation sites is 1. The third-order valence-corrected chi connectivity index (χ3v) is 3.77. The minimum atomic E-state index is -1.06. The molecule has 6 heteroatoms. The second-order valence-corrected chi connectivity index (χ2v) is 5.36. The summed E-state index contributed by atoms with van der Waals surface area (Å²) in [6, 6.07) is 10.6. The van der Waals surface area contributed by atoms with Crippen LogP contribution in [0.25, 0.3) is 0 Å². The molecule has 1 unspecified atom stereocenters. The fourth-order valence-corrected chi connectivity index (χ4v) is 2.69. The van der Waals surface area contributed by atoms with Gasteiger partial charge in [-0.25, -0.2) is 14.8 Å². The summed E-state index contributed by atoms with van der Waals surface area (Å²) in [7, 11) is 0. The molecule has 1 saturated heterocycles. The van der Waals surface area contributed by atoms with E-state index in [9.17, 15) is 4.79 Å². The molecule has 0 radical (unpaired) electrons. The Kier molecular flexibility index (Phi) is 4.18. The average Bonchev–Trinajstić information content (AvgIpc) is 2.56. The molecule has 2 aromatic rings. The highest BCUT2D eigenvalue weighted by molar-refractivity contribution is 5.84. The van der Waals surface area contributed by atoms with E-state index < -0.39 is 5.97 Å². The number of hydrogen-bond donors (Lipinski definition) is 2. The molecule has 1 atom stereocenters. The van der Waals surface area contributed by atoms with Crippen LogP contribution >= 0.6 is 0 Å². The van der Waals surface area contributed by atoms with Gasteiger partial charge < -0.3 is 15.3 Å². The third kappa shape index (κ3) is 3.33. The summed E-state index contributed by atoms with van der Waals surface area (Å²) in [6.07, 6.45) is 4.92. The number of anilines is 2. The highest BCUT2D eigenvalue weighted by Gasteiger charge is 2.20. The van der Waals surface area contributed by atoms with Crippen LogP contribution in [0.15, 0.2) is 42.7 Å². The molecular weight excluding hydrogens is 280 g/mol. The van der Waals surface area contributed by atoms with Gasteiger partial charge in [0.05, 0.1) is 12.4 Å². The first-order chi connectivity index (χ1) is 10.7. The Bertz CT molecular complexity index is 630. The Morgan fingerprint density at radius 2 is 2.05 bits per heavy atom. The molecule has 22 heavy (non-hydrogen) atoms. The highest BCUT2D eigenvalue weighted by atomic mass is 16.4. The molecule has 1 aromatic heterocycles. The zero-order valence-corrected chi connectivity index (χ0v) is 12.1. The number of nitrogens with zero attached hydrogens (tertiary/aromatic N) is 3. The summed E-state index contributed by atoms with van der Waals surface area (Å²) in [6.45, 7) is 1.94. The number of carboxylic acids is 1. The van der Waals surface area contributed by atoms with Gasteiger partial charge in [0.2, 0.25) is 0 Å². The fourth-order valence-electron chi connectivity index (χ4n) is 2.69. The molecule has 1 aliphatic rings. The van der Waals surface area contributed by atoms with Crippen molar-refractivity contribution in [2.45, 2.75) is 18.9 Å². The van der Waals surface area contributed by atoms with E-state index in [1.807, 2.05) is 18.2 Å². The maximum atomic E-state index is 10.8. The zero-order valence-electron chi connectivity index (χ0n) is 12.1. The van der Waals surface area contributed by atoms with Gasteiger partial charge in [-0.2, -0.15) is 0 Å². The van der Waals surface area contributed by atoms with Gasteiger partial charge in [0.25, 0.3) is 0 Å². The SMILES string of the molecule is O=C(O)c1cnc(NC2CCCN(c3ccccc3)C2)cn1. The number of nitrogens with one attached hydrogen (secondary N) is 1.